The molecule has 1 saturated carbocycles. The molecule has 0 bridgehead atoms. The lowest BCUT2D eigenvalue weighted by Gasteiger charge is -2.42. The predicted molar refractivity (Wildman–Crippen MR) is 82.3 cm³/mol. The van der Waals surface area contributed by atoms with Crippen LogP contribution in [0.2, 0.25) is 0 Å². The third kappa shape index (κ3) is 3.21. The second-order valence-electron chi connectivity index (χ2n) is 6.16. The lowest BCUT2D eigenvalue weighted by atomic mass is 10.0. The van der Waals surface area contributed by atoms with E-state index in [4.69, 9.17) is 4.74 Å². The molecule has 2 aliphatic rings. The van der Waals surface area contributed by atoms with E-state index in [0.29, 0.717) is 0 Å². The van der Waals surface area contributed by atoms with E-state index in [9.17, 15) is 4.79 Å². The summed E-state index contributed by atoms with van der Waals surface area (Å²) in [6.07, 6.45) is 2.71. The quantitative estimate of drug-likeness (QED) is 0.852. The Kier molecular flexibility index (Phi) is 4.15. The Labute approximate surface area is 126 Å². The van der Waals surface area contributed by atoms with Gasteiger partial charge in [0.05, 0.1) is 13.2 Å². The van der Waals surface area contributed by atoms with E-state index >= 15 is 0 Å². The highest BCUT2D eigenvalue weighted by Gasteiger charge is 2.34. The lowest BCUT2D eigenvalue weighted by molar-refractivity contribution is -0.132. The predicted octanol–water partition coefficient (Wildman–Crippen LogP) is 2.31. The minimum Gasteiger partial charge on any atom is -0.496 e. The number of hydrogen-bond donors (Lipinski definition) is 0. The van der Waals surface area contributed by atoms with Crippen molar-refractivity contribution in [3.8, 4) is 5.75 Å². The number of methoxy groups -OCH3 is 1. The van der Waals surface area contributed by atoms with E-state index < -0.39 is 0 Å². The van der Waals surface area contributed by atoms with E-state index in [1.807, 2.05) is 17.0 Å². The maximum absolute atomic E-state index is 11.7. The molecule has 21 heavy (non-hydrogen) atoms. The Bertz CT molecular complexity index is 513. The van der Waals surface area contributed by atoms with Crippen LogP contribution in [0.5, 0.6) is 5.75 Å². The van der Waals surface area contributed by atoms with Crippen LogP contribution < -0.4 is 4.74 Å². The number of carbonyl (C=O) groups excluding carboxylic acids is 1. The summed E-state index contributed by atoms with van der Waals surface area (Å²) in [4.78, 5) is 16.2. The van der Waals surface area contributed by atoms with Gasteiger partial charge in [-0.1, -0.05) is 18.2 Å². The number of benzene rings is 1. The van der Waals surface area contributed by atoms with Gasteiger partial charge in [0.2, 0.25) is 5.91 Å². The second kappa shape index (κ2) is 6.06. The normalized spacial score (nSPS) is 23.1. The largest absolute Gasteiger partial charge is 0.496 e. The molecule has 1 atom stereocenters. The molecule has 1 amide bonds. The standard InChI is InChI=1S/C17H24N2O2/c1-13(20)18-9-10-19(11-14-7-8-14)16(12-18)15-5-3-4-6-17(15)21-2/h3-6,14,16H,7-12H2,1-2H3/t16-/m0/s1. The third-order valence-corrected chi connectivity index (χ3v) is 4.62. The van der Waals surface area contributed by atoms with Crippen molar-refractivity contribution in [3.05, 3.63) is 29.8 Å². The van der Waals surface area contributed by atoms with Crippen LogP contribution in [0, 0.1) is 5.92 Å². The van der Waals surface area contributed by atoms with Gasteiger partial charge in [0.1, 0.15) is 5.75 Å². The Morgan fingerprint density at radius 3 is 2.71 bits per heavy atom. The van der Waals surface area contributed by atoms with Crippen molar-refractivity contribution in [2.24, 2.45) is 5.92 Å². The summed E-state index contributed by atoms with van der Waals surface area (Å²) in [7, 11) is 1.72. The molecular weight excluding hydrogens is 264 g/mol. The number of amides is 1. The fourth-order valence-electron chi connectivity index (χ4n) is 3.19. The molecule has 4 heteroatoms. The minimum atomic E-state index is 0.168. The van der Waals surface area contributed by atoms with E-state index in [0.717, 1.165) is 37.8 Å². The smallest absolute Gasteiger partial charge is 0.219 e. The zero-order valence-corrected chi connectivity index (χ0v) is 12.9. The van der Waals surface area contributed by atoms with Gasteiger partial charge in [-0.05, 0) is 24.8 Å². The number of piperazine rings is 1. The number of ether oxygens (including phenoxy) is 1. The molecule has 114 valence electrons. The molecule has 0 N–H and O–H groups in total. The molecule has 0 spiro atoms. The average Bonchev–Trinajstić information content (AvgIpc) is 3.31. The maximum Gasteiger partial charge on any atom is 0.219 e. The van der Waals surface area contributed by atoms with Gasteiger partial charge in [-0.25, -0.2) is 0 Å². The highest BCUT2D eigenvalue weighted by atomic mass is 16.5. The molecule has 1 aromatic carbocycles. The van der Waals surface area contributed by atoms with Crippen molar-refractivity contribution in [2.45, 2.75) is 25.8 Å². The van der Waals surface area contributed by atoms with E-state index in [2.05, 4.69) is 17.0 Å². The Hall–Kier alpha value is -1.55. The summed E-state index contributed by atoms with van der Waals surface area (Å²) in [5.41, 5.74) is 1.20. The van der Waals surface area contributed by atoms with Crippen LogP contribution in [0.25, 0.3) is 0 Å². The van der Waals surface area contributed by atoms with Crippen molar-refractivity contribution < 1.29 is 9.53 Å². The number of carbonyl (C=O) groups is 1. The van der Waals surface area contributed by atoms with Gasteiger partial charge in [-0.15, -0.1) is 0 Å². The van der Waals surface area contributed by atoms with Crippen molar-refractivity contribution in [1.82, 2.24) is 9.80 Å². The fraction of sp³-hybridized carbons (Fsp3) is 0.588. The van der Waals surface area contributed by atoms with Gasteiger partial charge in [0.25, 0.3) is 0 Å². The topological polar surface area (TPSA) is 32.8 Å². The SMILES string of the molecule is COc1ccccc1[C@@H]1CN(C(C)=O)CCN1CC1CC1. The maximum atomic E-state index is 11.7. The summed E-state index contributed by atoms with van der Waals surface area (Å²) in [6.45, 7) is 5.37. The molecule has 0 unspecified atom stereocenters. The molecule has 0 aromatic heterocycles. The Morgan fingerprint density at radius 1 is 1.29 bits per heavy atom. The molecular formula is C17H24N2O2. The molecule has 1 aliphatic carbocycles. The van der Waals surface area contributed by atoms with Crippen molar-refractivity contribution in [2.75, 3.05) is 33.3 Å². The van der Waals surface area contributed by atoms with Crippen LogP contribution in [-0.2, 0) is 4.79 Å². The molecule has 1 saturated heterocycles. The molecule has 1 aromatic rings. The fourth-order valence-corrected chi connectivity index (χ4v) is 3.19. The molecule has 2 fully saturated rings. The zero-order valence-electron chi connectivity index (χ0n) is 12.9. The number of nitrogens with zero attached hydrogens (tertiary/aromatic N) is 2. The van der Waals surface area contributed by atoms with Gasteiger partial charge >= 0.3 is 0 Å². The van der Waals surface area contributed by atoms with Crippen LogP contribution in [0.1, 0.15) is 31.4 Å². The van der Waals surface area contributed by atoms with Crippen molar-refractivity contribution >= 4 is 5.91 Å². The number of para-hydroxylation sites is 1. The van der Waals surface area contributed by atoms with Crippen LogP contribution >= 0.6 is 0 Å². The van der Waals surface area contributed by atoms with Gasteiger partial charge in [-0.2, -0.15) is 0 Å². The average molecular weight is 288 g/mol. The summed E-state index contributed by atoms with van der Waals surface area (Å²) < 4.78 is 5.53. The van der Waals surface area contributed by atoms with Crippen LogP contribution in [0.3, 0.4) is 0 Å². The molecule has 1 heterocycles. The van der Waals surface area contributed by atoms with Crippen molar-refractivity contribution in [3.63, 3.8) is 0 Å². The summed E-state index contributed by atoms with van der Waals surface area (Å²) in [5.74, 6) is 1.95. The minimum absolute atomic E-state index is 0.168. The van der Waals surface area contributed by atoms with Gasteiger partial charge in [0, 0.05) is 38.7 Å². The first kappa shape index (κ1) is 14.4. The first-order valence-corrected chi connectivity index (χ1v) is 7.81. The van der Waals surface area contributed by atoms with Crippen LogP contribution in [0.15, 0.2) is 24.3 Å². The van der Waals surface area contributed by atoms with Gasteiger partial charge in [0.15, 0.2) is 0 Å². The highest BCUT2D eigenvalue weighted by molar-refractivity contribution is 5.73. The van der Waals surface area contributed by atoms with Crippen LogP contribution in [0.4, 0.5) is 0 Å². The van der Waals surface area contributed by atoms with Gasteiger partial charge in [-0.3, -0.25) is 9.69 Å². The summed E-state index contributed by atoms with van der Waals surface area (Å²) in [6, 6.07) is 8.45. The first-order chi connectivity index (χ1) is 10.2. The molecule has 4 nitrogen and oxygen atoms in total. The number of hydrogen-bond acceptors (Lipinski definition) is 3. The summed E-state index contributed by atoms with van der Waals surface area (Å²) in [5, 5.41) is 0. The van der Waals surface area contributed by atoms with Crippen molar-refractivity contribution in [1.29, 1.82) is 0 Å². The zero-order chi connectivity index (χ0) is 14.8. The summed E-state index contributed by atoms with van der Waals surface area (Å²) >= 11 is 0. The second-order valence-corrected chi connectivity index (χ2v) is 6.16. The molecule has 3 rings (SSSR count). The Morgan fingerprint density at radius 2 is 2.05 bits per heavy atom. The van der Waals surface area contributed by atoms with E-state index in [1.165, 1.54) is 18.4 Å². The third-order valence-electron chi connectivity index (χ3n) is 4.62. The monoisotopic (exact) mass is 288 g/mol. The number of rotatable bonds is 4. The molecule has 0 radical (unpaired) electrons. The van der Waals surface area contributed by atoms with E-state index in [1.54, 1.807) is 14.0 Å². The van der Waals surface area contributed by atoms with Gasteiger partial charge < -0.3 is 9.64 Å². The van der Waals surface area contributed by atoms with E-state index in [-0.39, 0.29) is 11.9 Å². The molecule has 1 aliphatic heterocycles. The van der Waals surface area contributed by atoms with Crippen LogP contribution in [-0.4, -0.2) is 49.0 Å². The lowest BCUT2D eigenvalue weighted by Crippen LogP contribution is -2.50. The Balaban J connectivity index is 1.85. The highest BCUT2D eigenvalue weighted by Crippen LogP contribution is 2.36. The first-order valence-electron chi connectivity index (χ1n) is 7.81.